The van der Waals surface area contributed by atoms with Gasteiger partial charge in [0.15, 0.2) is 0 Å². The van der Waals surface area contributed by atoms with E-state index in [0.29, 0.717) is 0 Å². The van der Waals surface area contributed by atoms with Crippen molar-refractivity contribution in [2.75, 3.05) is 13.3 Å². The van der Waals surface area contributed by atoms with Crippen molar-refractivity contribution in [1.82, 2.24) is 0 Å². The van der Waals surface area contributed by atoms with Crippen LogP contribution in [0.5, 0.6) is 0 Å². The van der Waals surface area contributed by atoms with E-state index in [4.69, 9.17) is 3.87 Å². The SMILES string of the molecule is C[PH](C)=O.[CH2-]C.[O]=[Co]. The molecule has 0 heterocycles. The molecule has 0 aromatic heterocycles. The zero-order valence-electron chi connectivity index (χ0n) is 5.36. The summed E-state index contributed by atoms with van der Waals surface area (Å²) in [5.41, 5.74) is 0. The summed E-state index contributed by atoms with van der Waals surface area (Å²) in [7, 11) is -1.13. The Hall–Kier alpha value is 0.536. The summed E-state index contributed by atoms with van der Waals surface area (Å²) in [6.45, 7) is 8.43. The van der Waals surface area contributed by atoms with Gasteiger partial charge in [-0.1, -0.05) is 0 Å². The molecule has 0 atom stereocenters. The van der Waals surface area contributed by atoms with Crippen molar-refractivity contribution >= 4 is 7.80 Å². The molecule has 55 valence electrons. The van der Waals surface area contributed by atoms with Crippen molar-refractivity contribution in [3.63, 3.8) is 0 Å². The molecule has 0 aromatic rings. The molecule has 0 bridgehead atoms. The van der Waals surface area contributed by atoms with E-state index in [1.165, 1.54) is 0 Å². The maximum absolute atomic E-state index is 9.63. The first-order valence-corrected chi connectivity index (χ1v) is 4.88. The van der Waals surface area contributed by atoms with Crippen molar-refractivity contribution in [2.24, 2.45) is 0 Å². The molecule has 8 heavy (non-hydrogen) atoms. The minimum absolute atomic E-state index is 1.13. The second-order valence-electron chi connectivity index (χ2n) is 0.908. The third-order valence-electron chi connectivity index (χ3n) is 0. The number of hydrogen-bond acceptors (Lipinski definition) is 2. The molecular formula is C4H12CoO2P-. The number of rotatable bonds is 0. The van der Waals surface area contributed by atoms with Gasteiger partial charge in [0, 0.05) is 0 Å². The molecule has 4 heteroatoms. The molecule has 0 saturated carbocycles. The average molecular weight is 182 g/mol. The molecule has 0 aliphatic rings. The predicted molar refractivity (Wildman–Crippen MR) is 32.6 cm³/mol. The molecule has 0 aliphatic carbocycles. The van der Waals surface area contributed by atoms with Crippen molar-refractivity contribution in [3.05, 3.63) is 6.92 Å². The summed E-state index contributed by atoms with van der Waals surface area (Å²) in [5, 5.41) is 0. The molecule has 0 aromatic carbocycles. The third kappa shape index (κ3) is 696. The van der Waals surface area contributed by atoms with Crippen LogP contribution in [0.2, 0.25) is 0 Å². The van der Waals surface area contributed by atoms with Gasteiger partial charge < -0.3 is 11.5 Å². The van der Waals surface area contributed by atoms with E-state index in [1.54, 1.807) is 20.3 Å². The normalized spacial score (nSPS) is 5.75. The van der Waals surface area contributed by atoms with Crippen LogP contribution in [0.25, 0.3) is 0 Å². The first-order chi connectivity index (χ1) is 3.73. The summed E-state index contributed by atoms with van der Waals surface area (Å²) in [6.07, 6.45) is 0. The molecule has 0 radical (unpaired) electrons. The van der Waals surface area contributed by atoms with Crippen LogP contribution in [-0.2, 0) is 24.1 Å². The maximum atomic E-state index is 9.63. The van der Waals surface area contributed by atoms with Gasteiger partial charge in [0.05, 0.1) is 7.80 Å². The summed E-state index contributed by atoms with van der Waals surface area (Å²) < 4.78 is 17.6. The zero-order chi connectivity index (χ0) is 7.58. The first-order valence-electron chi connectivity index (χ1n) is 2.05. The van der Waals surface area contributed by atoms with Gasteiger partial charge in [-0.15, -0.1) is 0 Å². The molecule has 0 N–H and O–H groups in total. The van der Waals surface area contributed by atoms with E-state index in [1.807, 2.05) is 0 Å². The van der Waals surface area contributed by atoms with Crippen molar-refractivity contribution in [1.29, 1.82) is 0 Å². The van der Waals surface area contributed by atoms with Gasteiger partial charge in [-0.25, -0.2) is 0 Å². The molecule has 0 rings (SSSR count). The van der Waals surface area contributed by atoms with Gasteiger partial charge in [0.2, 0.25) is 0 Å². The van der Waals surface area contributed by atoms with E-state index >= 15 is 0 Å². The third-order valence-corrected chi connectivity index (χ3v) is 0. The molecule has 2 nitrogen and oxygen atoms in total. The second kappa shape index (κ2) is 25.7. The number of hydrogen-bond donors (Lipinski definition) is 0. The van der Waals surface area contributed by atoms with Crippen molar-refractivity contribution in [2.45, 2.75) is 6.92 Å². The fourth-order valence-corrected chi connectivity index (χ4v) is 0. The van der Waals surface area contributed by atoms with Gasteiger partial charge >= 0.3 is 19.5 Å². The molecule has 0 saturated heterocycles. The van der Waals surface area contributed by atoms with Crippen LogP contribution in [0.4, 0.5) is 0 Å². The Labute approximate surface area is 59.6 Å². The van der Waals surface area contributed by atoms with Gasteiger partial charge in [-0.2, -0.15) is 6.92 Å². The molecule has 0 fully saturated rings. The van der Waals surface area contributed by atoms with Crippen molar-refractivity contribution < 1.29 is 24.1 Å². The molecule has 0 aliphatic heterocycles. The molecule has 0 amide bonds. The van der Waals surface area contributed by atoms with Crippen LogP contribution in [0.3, 0.4) is 0 Å². The Morgan fingerprint density at radius 1 is 1.25 bits per heavy atom. The van der Waals surface area contributed by atoms with Crippen LogP contribution in [-0.4, -0.2) is 13.3 Å². The molecular weight excluding hydrogens is 170 g/mol. The second-order valence-corrected chi connectivity index (χ2v) is 2.72. The quantitative estimate of drug-likeness (QED) is 0.420. The average Bonchev–Trinajstić information content (AvgIpc) is 1.75. The van der Waals surface area contributed by atoms with Crippen LogP contribution < -0.4 is 0 Å². The topological polar surface area (TPSA) is 34.1 Å². The fourth-order valence-electron chi connectivity index (χ4n) is 0. The van der Waals surface area contributed by atoms with E-state index < -0.39 is 7.80 Å². The summed E-state index contributed by atoms with van der Waals surface area (Å²) in [4.78, 5) is 0. The van der Waals surface area contributed by atoms with Gasteiger partial charge in [-0.3, -0.25) is 0 Å². The Bertz CT molecular complexity index is 45.3. The Morgan fingerprint density at radius 2 is 1.25 bits per heavy atom. The van der Waals surface area contributed by atoms with E-state index in [2.05, 4.69) is 22.6 Å². The molecule has 0 spiro atoms. The van der Waals surface area contributed by atoms with E-state index in [9.17, 15) is 4.57 Å². The first kappa shape index (κ1) is 15.8. The Kier molecular flexibility index (Phi) is 50.9. The van der Waals surface area contributed by atoms with Crippen LogP contribution in [0.15, 0.2) is 0 Å². The zero-order valence-corrected chi connectivity index (χ0v) is 7.40. The summed E-state index contributed by atoms with van der Waals surface area (Å²) >= 11 is 2.31. The fraction of sp³-hybridized carbons (Fsp3) is 0.750. The van der Waals surface area contributed by atoms with E-state index in [0.717, 1.165) is 0 Å². The van der Waals surface area contributed by atoms with Crippen LogP contribution in [0.1, 0.15) is 6.92 Å². The predicted octanol–water partition coefficient (Wildman–Crippen LogP) is 1.52. The molecule has 0 unspecified atom stereocenters. The minimum atomic E-state index is -1.13. The van der Waals surface area contributed by atoms with Gasteiger partial charge in [0.25, 0.3) is 0 Å². The monoisotopic (exact) mass is 182 g/mol. The summed E-state index contributed by atoms with van der Waals surface area (Å²) in [5.74, 6) is 0. The standard InChI is InChI=1S/C2H7OP.C2H5.Co.O/c1-4(2)3;1-2;;/h4H,1-2H3;1H2,2H3;;/q;-1;;. The van der Waals surface area contributed by atoms with Gasteiger partial charge in [-0.05, 0) is 13.3 Å². The summed E-state index contributed by atoms with van der Waals surface area (Å²) in [6, 6.07) is 0. The Balaban J connectivity index is -0.0000000542. The van der Waals surface area contributed by atoms with Crippen LogP contribution in [0, 0.1) is 6.92 Å². The van der Waals surface area contributed by atoms with Gasteiger partial charge in [0.1, 0.15) is 0 Å². The van der Waals surface area contributed by atoms with Crippen molar-refractivity contribution in [3.8, 4) is 0 Å². The van der Waals surface area contributed by atoms with E-state index in [-0.39, 0.29) is 0 Å². The Morgan fingerprint density at radius 3 is 1.25 bits per heavy atom. The van der Waals surface area contributed by atoms with Crippen LogP contribution >= 0.6 is 7.80 Å².